The Bertz CT molecular complexity index is 489. The molecule has 1 aromatic carbocycles. The fourth-order valence-electron chi connectivity index (χ4n) is 3.10. The zero-order chi connectivity index (χ0) is 14.7. The van der Waals surface area contributed by atoms with Crippen LogP contribution in [0.5, 0.6) is 0 Å². The molecule has 22 heavy (non-hydrogen) atoms. The summed E-state index contributed by atoms with van der Waals surface area (Å²) in [6.07, 6.45) is 2.65. The predicted molar refractivity (Wildman–Crippen MR) is 89.5 cm³/mol. The van der Waals surface area contributed by atoms with Gasteiger partial charge in [0.15, 0.2) is 0 Å². The molecule has 2 saturated heterocycles. The van der Waals surface area contributed by atoms with Crippen LogP contribution in [0.4, 0.5) is 0 Å². The molecule has 122 valence electrons. The van der Waals surface area contributed by atoms with Gasteiger partial charge >= 0.3 is 0 Å². The van der Waals surface area contributed by atoms with E-state index in [4.69, 9.17) is 16.3 Å². The second-order valence-electron chi connectivity index (χ2n) is 5.77. The zero-order valence-corrected chi connectivity index (χ0v) is 14.0. The minimum Gasteiger partial charge on any atom is -0.371 e. The Kier molecular flexibility index (Phi) is 6.50. The van der Waals surface area contributed by atoms with E-state index >= 15 is 0 Å². The quantitative estimate of drug-likeness (QED) is 0.886. The summed E-state index contributed by atoms with van der Waals surface area (Å²) >= 11 is 5.92. The van der Waals surface area contributed by atoms with Gasteiger partial charge in [0.05, 0.1) is 6.04 Å². The molecule has 2 unspecified atom stereocenters. The molecule has 2 fully saturated rings. The second-order valence-corrected chi connectivity index (χ2v) is 6.21. The van der Waals surface area contributed by atoms with Gasteiger partial charge in [-0.15, -0.1) is 12.4 Å². The van der Waals surface area contributed by atoms with Crippen molar-refractivity contribution < 1.29 is 9.53 Å². The monoisotopic (exact) mass is 344 g/mol. The molecular weight excluding hydrogens is 323 g/mol. The molecule has 2 heterocycles. The van der Waals surface area contributed by atoms with E-state index < -0.39 is 0 Å². The second kappa shape index (κ2) is 8.16. The Labute approximate surface area is 142 Å². The van der Waals surface area contributed by atoms with Gasteiger partial charge in [-0.05, 0) is 50.0 Å². The van der Waals surface area contributed by atoms with Crippen LogP contribution in [0.1, 0.15) is 30.9 Å². The number of nitrogens with one attached hydrogen (secondary N) is 2. The fourth-order valence-corrected chi connectivity index (χ4v) is 3.23. The van der Waals surface area contributed by atoms with Crippen molar-refractivity contribution in [2.45, 2.75) is 31.4 Å². The van der Waals surface area contributed by atoms with Crippen molar-refractivity contribution in [1.82, 2.24) is 10.6 Å². The highest BCUT2D eigenvalue weighted by molar-refractivity contribution is 6.30. The van der Waals surface area contributed by atoms with Crippen molar-refractivity contribution >= 4 is 29.9 Å². The van der Waals surface area contributed by atoms with Crippen LogP contribution in [-0.4, -0.2) is 31.6 Å². The summed E-state index contributed by atoms with van der Waals surface area (Å²) < 4.78 is 5.81. The number of rotatable bonds is 3. The van der Waals surface area contributed by atoms with E-state index in [-0.39, 0.29) is 36.4 Å². The van der Waals surface area contributed by atoms with Crippen LogP contribution >= 0.6 is 24.0 Å². The average molecular weight is 345 g/mol. The maximum atomic E-state index is 12.4. The van der Waals surface area contributed by atoms with Crippen molar-refractivity contribution in [2.24, 2.45) is 5.92 Å². The molecule has 0 spiro atoms. The first-order chi connectivity index (χ1) is 10.2. The molecule has 2 N–H and O–H groups in total. The molecule has 2 aliphatic rings. The van der Waals surface area contributed by atoms with Gasteiger partial charge in [0, 0.05) is 17.5 Å². The molecule has 0 aliphatic carbocycles. The number of halogens is 2. The minimum absolute atomic E-state index is 0. The highest BCUT2D eigenvalue weighted by atomic mass is 35.5. The molecule has 0 radical (unpaired) electrons. The summed E-state index contributed by atoms with van der Waals surface area (Å²) in [5.74, 6) is 0.309. The van der Waals surface area contributed by atoms with E-state index in [0.717, 1.165) is 37.9 Å². The lowest BCUT2D eigenvalue weighted by molar-refractivity contribution is -0.126. The molecule has 2 aliphatic heterocycles. The first kappa shape index (κ1) is 17.5. The smallest absolute Gasteiger partial charge is 0.223 e. The molecule has 3 rings (SSSR count). The van der Waals surface area contributed by atoms with Gasteiger partial charge in [-0.2, -0.15) is 0 Å². The largest absolute Gasteiger partial charge is 0.371 e. The number of benzene rings is 1. The summed E-state index contributed by atoms with van der Waals surface area (Å²) in [7, 11) is 0. The van der Waals surface area contributed by atoms with Crippen molar-refractivity contribution in [3.8, 4) is 0 Å². The third-order valence-corrected chi connectivity index (χ3v) is 4.58. The normalized spacial score (nSPS) is 25.5. The van der Waals surface area contributed by atoms with Crippen LogP contribution in [0.25, 0.3) is 0 Å². The highest BCUT2D eigenvalue weighted by Crippen LogP contribution is 2.30. The van der Waals surface area contributed by atoms with Gasteiger partial charge in [-0.25, -0.2) is 0 Å². The molecule has 0 aromatic heterocycles. The molecule has 1 aromatic rings. The summed E-state index contributed by atoms with van der Waals surface area (Å²) in [6.45, 7) is 2.55. The van der Waals surface area contributed by atoms with Crippen molar-refractivity contribution in [1.29, 1.82) is 0 Å². The van der Waals surface area contributed by atoms with Crippen LogP contribution < -0.4 is 10.6 Å². The maximum absolute atomic E-state index is 12.4. The summed E-state index contributed by atoms with van der Waals surface area (Å²) in [5, 5.41) is 7.19. The molecule has 0 bridgehead atoms. The number of carbonyl (C=O) groups is 1. The van der Waals surface area contributed by atoms with Gasteiger partial charge in [-0.3, -0.25) is 4.79 Å². The zero-order valence-electron chi connectivity index (χ0n) is 12.4. The van der Waals surface area contributed by atoms with E-state index in [9.17, 15) is 4.79 Å². The van der Waals surface area contributed by atoms with Gasteiger partial charge in [0.1, 0.15) is 6.10 Å². The fraction of sp³-hybridized carbons (Fsp3) is 0.562. The lowest BCUT2D eigenvalue weighted by atomic mass is 9.95. The maximum Gasteiger partial charge on any atom is 0.223 e. The lowest BCUT2D eigenvalue weighted by Gasteiger charge is -2.26. The van der Waals surface area contributed by atoms with Crippen molar-refractivity contribution in [3.63, 3.8) is 0 Å². The Balaban J connectivity index is 0.00000176. The highest BCUT2D eigenvalue weighted by Gasteiger charge is 2.32. The Morgan fingerprint density at radius 1 is 1.18 bits per heavy atom. The topological polar surface area (TPSA) is 50.4 Å². The molecular formula is C16H22Cl2N2O2. The van der Waals surface area contributed by atoms with E-state index in [1.165, 1.54) is 0 Å². The Hall–Kier alpha value is -0.810. The van der Waals surface area contributed by atoms with Gasteiger partial charge in [-0.1, -0.05) is 23.7 Å². The average Bonchev–Trinajstić information content (AvgIpc) is 2.97. The van der Waals surface area contributed by atoms with Crippen LogP contribution in [-0.2, 0) is 9.53 Å². The predicted octanol–water partition coefficient (Wildman–Crippen LogP) is 2.71. The number of ether oxygens (including phenoxy) is 1. The molecule has 4 nitrogen and oxygen atoms in total. The van der Waals surface area contributed by atoms with Crippen LogP contribution in [0.3, 0.4) is 0 Å². The molecule has 2 atom stereocenters. The SMILES string of the molecule is Cl.O=C(NC1CCOC1c1ccc(Cl)cc1)C1CCNCC1. The van der Waals surface area contributed by atoms with E-state index in [1.807, 2.05) is 24.3 Å². The van der Waals surface area contributed by atoms with Crippen molar-refractivity contribution in [2.75, 3.05) is 19.7 Å². The van der Waals surface area contributed by atoms with Crippen LogP contribution in [0.15, 0.2) is 24.3 Å². The molecule has 6 heteroatoms. The number of piperidine rings is 1. The van der Waals surface area contributed by atoms with E-state index in [1.54, 1.807) is 0 Å². The third kappa shape index (κ3) is 4.13. The first-order valence-corrected chi connectivity index (χ1v) is 8.00. The summed E-state index contributed by atoms with van der Waals surface area (Å²) in [5.41, 5.74) is 1.08. The lowest BCUT2D eigenvalue weighted by Crippen LogP contribution is -2.43. The summed E-state index contributed by atoms with van der Waals surface area (Å²) in [4.78, 5) is 12.4. The molecule has 0 saturated carbocycles. The van der Waals surface area contributed by atoms with Gasteiger partial charge in [0.25, 0.3) is 0 Å². The van der Waals surface area contributed by atoms with Gasteiger partial charge in [0.2, 0.25) is 5.91 Å². The van der Waals surface area contributed by atoms with Crippen LogP contribution in [0, 0.1) is 5.92 Å². The third-order valence-electron chi connectivity index (χ3n) is 4.33. The van der Waals surface area contributed by atoms with Crippen LogP contribution in [0.2, 0.25) is 5.02 Å². The van der Waals surface area contributed by atoms with Crippen molar-refractivity contribution in [3.05, 3.63) is 34.9 Å². The number of amides is 1. The van der Waals surface area contributed by atoms with E-state index in [0.29, 0.717) is 11.6 Å². The number of hydrogen-bond donors (Lipinski definition) is 2. The van der Waals surface area contributed by atoms with Gasteiger partial charge < -0.3 is 15.4 Å². The standard InChI is InChI=1S/C16H21ClN2O2.ClH/c17-13-3-1-11(2-4-13)15-14(7-10-21-15)19-16(20)12-5-8-18-9-6-12;/h1-4,12,14-15,18H,5-10H2,(H,19,20);1H. The Morgan fingerprint density at radius 2 is 1.86 bits per heavy atom. The number of carbonyl (C=O) groups excluding carboxylic acids is 1. The first-order valence-electron chi connectivity index (χ1n) is 7.62. The minimum atomic E-state index is -0.0621. The summed E-state index contributed by atoms with van der Waals surface area (Å²) in [6, 6.07) is 7.74. The molecule has 1 amide bonds. The number of hydrogen-bond acceptors (Lipinski definition) is 3. The Morgan fingerprint density at radius 3 is 2.55 bits per heavy atom. The van der Waals surface area contributed by atoms with E-state index in [2.05, 4.69) is 10.6 Å².